The molecule has 2 heterocycles. The number of carbonyl (C=O) groups is 1. The van der Waals surface area contributed by atoms with E-state index in [1.807, 2.05) is 25.4 Å². The van der Waals surface area contributed by atoms with Crippen LogP contribution in [-0.4, -0.2) is 47.5 Å². The lowest BCUT2D eigenvalue weighted by Crippen LogP contribution is -2.30. The number of hydrogen-bond acceptors (Lipinski definition) is 5. The van der Waals surface area contributed by atoms with Crippen molar-refractivity contribution >= 4 is 33.8 Å². The van der Waals surface area contributed by atoms with Crippen LogP contribution in [0.4, 0.5) is 11.5 Å². The number of likely N-dealkylation sites (N-methyl/N-ethyl adjacent to an activating group) is 1. The molecule has 0 aliphatic rings. The molecule has 0 unspecified atom stereocenters. The van der Waals surface area contributed by atoms with Gasteiger partial charge in [-0.2, -0.15) is 0 Å². The minimum Gasteiger partial charge on any atom is -0.357 e. The molecule has 0 radical (unpaired) electrons. The van der Waals surface area contributed by atoms with Crippen molar-refractivity contribution in [2.75, 3.05) is 32.0 Å². The molecule has 1 amide bonds. The molecule has 0 aliphatic carbocycles. The highest BCUT2D eigenvalue weighted by atomic mass is 79.9. The van der Waals surface area contributed by atoms with E-state index in [0.29, 0.717) is 24.5 Å². The molecule has 8 heteroatoms. The molecule has 134 valence electrons. The van der Waals surface area contributed by atoms with E-state index >= 15 is 0 Å². The van der Waals surface area contributed by atoms with Crippen LogP contribution in [-0.2, 0) is 18.3 Å². The van der Waals surface area contributed by atoms with Gasteiger partial charge in [0.05, 0.1) is 0 Å². The third-order valence-electron chi connectivity index (χ3n) is 3.74. The molecule has 0 bridgehead atoms. The van der Waals surface area contributed by atoms with Gasteiger partial charge in [-0.15, -0.1) is 0 Å². The Hall–Kier alpha value is -2.19. The van der Waals surface area contributed by atoms with Crippen molar-refractivity contribution in [2.45, 2.75) is 6.42 Å². The minimum atomic E-state index is -0.111. The lowest BCUT2D eigenvalue weighted by Gasteiger charge is -2.16. The molecule has 0 spiro atoms. The van der Waals surface area contributed by atoms with Crippen LogP contribution in [0.2, 0.25) is 0 Å². The number of pyridine rings is 2. The number of carbonyl (C=O) groups excluding carboxylic acids is 1. The fourth-order valence-corrected chi connectivity index (χ4v) is 2.83. The quantitative estimate of drug-likeness (QED) is 0.486. The molecule has 0 aliphatic heterocycles. The molecule has 0 saturated carbocycles. The zero-order valence-electron chi connectivity index (χ0n) is 14.3. The monoisotopic (exact) mass is 407 g/mol. The topological polar surface area (TPSA) is 79.3 Å². The van der Waals surface area contributed by atoms with Gasteiger partial charge in [0.1, 0.15) is 11.5 Å². The molecule has 2 aromatic heterocycles. The van der Waals surface area contributed by atoms with Gasteiger partial charge in [-0.05, 0) is 47.1 Å². The summed E-state index contributed by atoms with van der Waals surface area (Å²) >= 11 is 3.38. The fourth-order valence-electron chi connectivity index (χ4n) is 2.29. The lowest BCUT2D eigenvalue weighted by molar-refractivity contribution is -0.109. The largest absolute Gasteiger partial charge is 0.357 e. The van der Waals surface area contributed by atoms with Crippen molar-refractivity contribution in [3.05, 3.63) is 51.0 Å². The maximum atomic E-state index is 12.1. The van der Waals surface area contributed by atoms with Gasteiger partial charge >= 0.3 is 0 Å². The Morgan fingerprint density at radius 3 is 2.84 bits per heavy atom. The average molecular weight is 408 g/mol. The zero-order chi connectivity index (χ0) is 18.2. The summed E-state index contributed by atoms with van der Waals surface area (Å²) in [5.74, 6) is 0.627. The first kappa shape index (κ1) is 19.1. The fraction of sp³-hybridized carbons (Fsp3) is 0.353. The molecule has 0 saturated heterocycles. The Kier molecular flexibility index (Phi) is 7.15. The van der Waals surface area contributed by atoms with Gasteiger partial charge in [0.25, 0.3) is 5.56 Å². The Morgan fingerprint density at radius 2 is 2.16 bits per heavy atom. The maximum absolute atomic E-state index is 12.1. The summed E-state index contributed by atoms with van der Waals surface area (Å²) in [6.45, 7) is 2.32. The number of nitrogens with one attached hydrogen (secondary N) is 2. The summed E-state index contributed by atoms with van der Waals surface area (Å²) in [5.41, 5.74) is 1.47. The molecule has 25 heavy (non-hydrogen) atoms. The second kappa shape index (κ2) is 9.33. The molecule has 2 N–H and O–H groups in total. The van der Waals surface area contributed by atoms with Crippen LogP contribution in [0.25, 0.3) is 0 Å². The van der Waals surface area contributed by atoms with Gasteiger partial charge in [0, 0.05) is 43.5 Å². The van der Waals surface area contributed by atoms with E-state index in [0.717, 1.165) is 29.5 Å². The van der Waals surface area contributed by atoms with Crippen LogP contribution in [0.3, 0.4) is 0 Å². The number of nitrogens with zero attached hydrogens (tertiary/aromatic N) is 3. The van der Waals surface area contributed by atoms with Crippen molar-refractivity contribution in [3.8, 4) is 0 Å². The molecule has 2 rings (SSSR count). The second-order valence-corrected chi connectivity index (χ2v) is 6.71. The summed E-state index contributed by atoms with van der Waals surface area (Å²) in [7, 11) is 3.72. The minimum absolute atomic E-state index is 0.111. The Morgan fingerprint density at radius 1 is 1.36 bits per heavy atom. The SMILES string of the molecule is CN(CCNC=O)CCc1ccc(Nc2cc(Br)cn(C)c2=O)nc1. The van der Waals surface area contributed by atoms with E-state index in [-0.39, 0.29) is 5.56 Å². The molecule has 7 nitrogen and oxygen atoms in total. The summed E-state index contributed by atoms with van der Waals surface area (Å²) in [6.07, 6.45) is 5.10. The summed E-state index contributed by atoms with van der Waals surface area (Å²) in [5, 5.41) is 5.70. The first-order valence-corrected chi connectivity index (χ1v) is 8.72. The molecular weight excluding hydrogens is 386 g/mol. The molecule has 2 aromatic rings. The standard InChI is InChI=1S/C17H22BrN5O2/c1-22(8-6-19-12-24)7-5-13-3-4-16(20-10-13)21-15-9-14(18)11-23(2)17(15)25/h3-4,9-12H,5-8H2,1-2H3,(H,19,24)(H,20,21). The van der Waals surface area contributed by atoms with Gasteiger partial charge < -0.3 is 20.1 Å². The number of aromatic nitrogens is 2. The smallest absolute Gasteiger partial charge is 0.274 e. The second-order valence-electron chi connectivity index (χ2n) is 5.79. The molecule has 0 fully saturated rings. The first-order valence-electron chi connectivity index (χ1n) is 7.93. The van der Waals surface area contributed by atoms with Crippen molar-refractivity contribution in [2.24, 2.45) is 7.05 Å². The highest BCUT2D eigenvalue weighted by Gasteiger charge is 2.05. The molecule has 0 aromatic carbocycles. The lowest BCUT2D eigenvalue weighted by atomic mass is 10.2. The van der Waals surface area contributed by atoms with E-state index in [1.54, 1.807) is 19.3 Å². The highest BCUT2D eigenvalue weighted by Crippen LogP contribution is 2.16. The van der Waals surface area contributed by atoms with Crippen molar-refractivity contribution in [3.63, 3.8) is 0 Å². The van der Waals surface area contributed by atoms with Gasteiger partial charge in [-0.1, -0.05) is 6.07 Å². The number of halogens is 1. The number of anilines is 2. The predicted octanol–water partition coefficient (Wildman–Crippen LogP) is 1.51. The van der Waals surface area contributed by atoms with Crippen molar-refractivity contribution in [1.29, 1.82) is 0 Å². The van der Waals surface area contributed by atoms with E-state index < -0.39 is 0 Å². The van der Waals surface area contributed by atoms with Crippen LogP contribution in [0.5, 0.6) is 0 Å². The third kappa shape index (κ3) is 5.99. The van der Waals surface area contributed by atoms with Crippen LogP contribution in [0.1, 0.15) is 5.56 Å². The summed E-state index contributed by atoms with van der Waals surface area (Å²) in [4.78, 5) is 28.8. The van der Waals surface area contributed by atoms with Crippen LogP contribution in [0, 0.1) is 0 Å². The first-order chi connectivity index (χ1) is 12.0. The molecular formula is C17H22BrN5O2. The number of hydrogen-bond donors (Lipinski definition) is 2. The predicted molar refractivity (Wildman–Crippen MR) is 102 cm³/mol. The van der Waals surface area contributed by atoms with E-state index in [9.17, 15) is 9.59 Å². The van der Waals surface area contributed by atoms with Crippen molar-refractivity contribution < 1.29 is 4.79 Å². The third-order valence-corrected chi connectivity index (χ3v) is 4.17. The highest BCUT2D eigenvalue weighted by molar-refractivity contribution is 9.10. The van der Waals surface area contributed by atoms with Crippen LogP contribution < -0.4 is 16.2 Å². The Bertz CT molecular complexity index is 761. The van der Waals surface area contributed by atoms with E-state index in [1.165, 1.54) is 4.57 Å². The zero-order valence-corrected chi connectivity index (χ0v) is 15.9. The Balaban J connectivity index is 1.92. The van der Waals surface area contributed by atoms with Gasteiger partial charge in [-0.3, -0.25) is 9.59 Å². The molecule has 0 atom stereocenters. The van der Waals surface area contributed by atoms with E-state index in [2.05, 4.69) is 36.4 Å². The summed E-state index contributed by atoms with van der Waals surface area (Å²) < 4.78 is 2.33. The average Bonchev–Trinajstić information content (AvgIpc) is 2.59. The van der Waals surface area contributed by atoms with Gasteiger partial charge in [0.15, 0.2) is 0 Å². The van der Waals surface area contributed by atoms with Gasteiger partial charge in [-0.25, -0.2) is 4.98 Å². The number of amides is 1. The normalized spacial score (nSPS) is 10.7. The van der Waals surface area contributed by atoms with Crippen LogP contribution in [0.15, 0.2) is 39.9 Å². The van der Waals surface area contributed by atoms with E-state index in [4.69, 9.17) is 0 Å². The van der Waals surface area contributed by atoms with Gasteiger partial charge in [0.2, 0.25) is 6.41 Å². The maximum Gasteiger partial charge on any atom is 0.274 e. The number of aryl methyl sites for hydroxylation is 1. The van der Waals surface area contributed by atoms with Crippen LogP contribution >= 0.6 is 15.9 Å². The van der Waals surface area contributed by atoms with Crippen molar-refractivity contribution in [1.82, 2.24) is 19.8 Å². The number of rotatable bonds is 9. The Labute approximate surface area is 155 Å². The summed E-state index contributed by atoms with van der Waals surface area (Å²) in [6, 6.07) is 5.60.